The number of carbonyl (C=O) groups is 1. The molecular formula is C14H22N2OS. The lowest BCUT2D eigenvalue weighted by Gasteiger charge is -2.37. The fraction of sp³-hybridized carbons (Fsp3) is 0.643. The summed E-state index contributed by atoms with van der Waals surface area (Å²) in [7, 11) is 0. The second kappa shape index (κ2) is 6.34. The van der Waals surface area contributed by atoms with E-state index in [2.05, 4.69) is 36.7 Å². The van der Waals surface area contributed by atoms with Gasteiger partial charge < -0.3 is 10.2 Å². The number of amides is 1. The third-order valence-electron chi connectivity index (χ3n) is 3.48. The second-order valence-corrected chi connectivity index (χ2v) is 6.17. The monoisotopic (exact) mass is 266 g/mol. The molecule has 1 aliphatic rings. The van der Waals surface area contributed by atoms with Gasteiger partial charge in [-0.15, -0.1) is 11.3 Å². The minimum atomic E-state index is 0.312. The quantitative estimate of drug-likeness (QED) is 0.907. The van der Waals surface area contributed by atoms with Crippen LogP contribution in [-0.4, -0.2) is 36.0 Å². The van der Waals surface area contributed by atoms with E-state index < -0.39 is 0 Å². The lowest BCUT2D eigenvalue weighted by atomic mass is 10.1. The Bertz CT molecular complexity index is 377. The van der Waals surface area contributed by atoms with Crippen molar-refractivity contribution in [3.8, 4) is 0 Å². The van der Waals surface area contributed by atoms with Crippen molar-refractivity contribution in [2.24, 2.45) is 0 Å². The third-order valence-corrected chi connectivity index (χ3v) is 4.41. The summed E-state index contributed by atoms with van der Waals surface area (Å²) in [6.45, 7) is 6.02. The number of hydrogen-bond acceptors (Lipinski definition) is 3. The van der Waals surface area contributed by atoms with E-state index in [1.807, 2.05) is 4.90 Å². The van der Waals surface area contributed by atoms with Crippen molar-refractivity contribution in [2.45, 2.75) is 45.2 Å². The van der Waals surface area contributed by atoms with Gasteiger partial charge in [0.05, 0.1) is 0 Å². The molecule has 1 fully saturated rings. The molecule has 1 aromatic heterocycles. The van der Waals surface area contributed by atoms with Gasteiger partial charge in [-0.3, -0.25) is 4.79 Å². The van der Waals surface area contributed by atoms with E-state index >= 15 is 0 Å². The Balaban J connectivity index is 1.76. The summed E-state index contributed by atoms with van der Waals surface area (Å²) in [6, 6.07) is 4.96. The zero-order chi connectivity index (χ0) is 13.0. The lowest BCUT2D eigenvalue weighted by Crippen LogP contribution is -2.56. The number of aryl methyl sites for hydroxylation is 1. The average Bonchev–Trinajstić information content (AvgIpc) is 2.85. The zero-order valence-corrected chi connectivity index (χ0v) is 12.0. The molecule has 18 heavy (non-hydrogen) atoms. The maximum atomic E-state index is 12.2. The van der Waals surface area contributed by atoms with Crippen LogP contribution < -0.4 is 5.32 Å². The number of nitrogens with one attached hydrogen (secondary N) is 1. The summed E-state index contributed by atoms with van der Waals surface area (Å²) in [5, 5.41) is 5.50. The molecule has 1 saturated heterocycles. The van der Waals surface area contributed by atoms with Crippen LogP contribution in [0.15, 0.2) is 17.5 Å². The minimum absolute atomic E-state index is 0.312. The van der Waals surface area contributed by atoms with Gasteiger partial charge in [-0.25, -0.2) is 0 Å². The van der Waals surface area contributed by atoms with Gasteiger partial charge in [0.1, 0.15) is 0 Å². The van der Waals surface area contributed by atoms with Crippen molar-refractivity contribution < 1.29 is 4.79 Å². The molecule has 100 valence electrons. The molecule has 2 atom stereocenters. The Morgan fingerprint density at radius 1 is 1.56 bits per heavy atom. The standard InChI is InChI=1S/C14H22N2OS/c1-11-10-16(12(2)9-15-11)14(17)7-3-5-13-6-4-8-18-13/h4,6,8,11-12,15H,3,5,7,9-10H2,1-2H3. The van der Waals surface area contributed by atoms with Gasteiger partial charge in [-0.1, -0.05) is 6.07 Å². The first kappa shape index (κ1) is 13.6. The van der Waals surface area contributed by atoms with Crippen LogP contribution in [0.5, 0.6) is 0 Å². The van der Waals surface area contributed by atoms with Gasteiger partial charge in [0.25, 0.3) is 0 Å². The van der Waals surface area contributed by atoms with Crippen LogP contribution in [0.3, 0.4) is 0 Å². The van der Waals surface area contributed by atoms with Gasteiger partial charge in [-0.2, -0.15) is 0 Å². The van der Waals surface area contributed by atoms with E-state index in [-0.39, 0.29) is 0 Å². The molecule has 0 aromatic carbocycles. The molecule has 0 aliphatic carbocycles. The molecule has 2 heterocycles. The molecule has 1 amide bonds. The largest absolute Gasteiger partial charge is 0.337 e. The molecule has 0 radical (unpaired) electrons. The Morgan fingerprint density at radius 3 is 3.11 bits per heavy atom. The summed E-state index contributed by atoms with van der Waals surface area (Å²) < 4.78 is 0. The van der Waals surface area contributed by atoms with Crippen LogP contribution in [0, 0.1) is 0 Å². The number of hydrogen-bond donors (Lipinski definition) is 1. The molecule has 3 nitrogen and oxygen atoms in total. The molecule has 0 bridgehead atoms. The highest BCUT2D eigenvalue weighted by Gasteiger charge is 2.25. The number of nitrogens with zero attached hydrogens (tertiary/aromatic N) is 1. The molecule has 2 unspecified atom stereocenters. The van der Waals surface area contributed by atoms with Crippen LogP contribution in [-0.2, 0) is 11.2 Å². The Kier molecular flexibility index (Phi) is 4.78. The van der Waals surface area contributed by atoms with Crippen molar-refractivity contribution >= 4 is 17.2 Å². The fourth-order valence-corrected chi connectivity index (χ4v) is 3.13. The summed E-state index contributed by atoms with van der Waals surface area (Å²) in [6.07, 6.45) is 2.67. The van der Waals surface area contributed by atoms with E-state index in [4.69, 9.17) is 0 Å². The summed E-state index contributed by atoms with van der Waals surface area (Å²) in [5.41, 5.74) is 0. The summed E-state index contributed by atoms with van der Waals surface area (Å²) >= 11 is 1.78. The highest BCUT2D eigenvalue weighted by Crippen LogP contribution is 2.14. The van der Waals surface area contributed by atoms with Gasteiger partial charge >= 0.3 is 0 Å². The van der Waals surface area contributed by atoms with E-state index in [1.54, 1.807) is 11.3 Å². The summed E-state index contributed by atoms with van der Waals surface area (Å²) in [5.74, 6) is 0.312. The van der Waals surface area contributed by atoms with Crippen LogP contribution >= 0.6 is 11.3 Å². The Morgan fingerprint density at radius 2 is 2.39 bits per heavy atom. The maximum absolute atomic E-state index is 12.2. The van der Waals surface area contributed by atoms with Crippen LogP contribution in [0.1, 0.15) is 31.6 Å². The molecule has 2 rings (SSSR count). The Hall–Kier alpha value is -0.870. The van der Waals surface area contributed by atoms with Crippen LogP contribution in [0.25, 0.3) is 0 Å². The molecular weight excluding hydrogens is 244 g/mol. The first-order chi connectivity index (χ1) is 8.66. The maximum Gasteiger partial charge on any atom is 0.222 e. The van der Waals surface area contributed by atoms with E-state index in [0.717, 1.165) is 25.9 Å². The first-order valence-electron chi connectivity index (χ1n) is 6.72. The highest BCUT2D eigenvalue weighted by molar-refractivity contribution is 7.09. The SMILES string of the molecule is CC1CN(C(=O)CCCc2cccs2)C(C)CN1. The zero-order valence-electron chi connectivity index (χ0n) is 11.2. The van der Waals surface area contributed by atoms with Crippen molar-refractivity contribution in [3.63, 3.8) is 0 Å². The van der Waals surface area contributed by atoms with Crippen LogP contribution in [0.4, 0.5) is 0 Å². The second-order valence-electron chi connectivity index (χ2n) is 5.14. The molecule has 4 heteroatoms. The Labute approximate surface area is 113 Å². The average molecular weight is 266 g/mol. The van der Waals surface area contributed by atoms with Crippen molar-refractivity contribution in [1.82, 2.24) is 10.2 Å². The first-order valence-corrected chi connectivity index (χ1v) is 7.60. The van der Waals surface area contributed by atoms with Gasteiger partial charge in [0.2, 0.25) is 5.91 Å². The predicted molar refractivity (Wildman–Crippen MR) is 75.9 cm³/mol. The fourth-order valence-electron chi connectivity index (χ4n) is 2.38. The number of piperazine rings is 1. The van der Waals surface area contributed by atoms with Crippen molar-refractivity contribution in [1.29, 1.82) is 0 Å². The summed E-state index contributed by atoms with van der Waals surface area (Å²) in [4.78, 5) is 15.6. The lowest BCUT2D eigenvalue weighted by molar-refractivity contribution is -0.134. The van der Waals surface area contributed by atoms with Gasteiger partial charge in [0, 0.05) is 36.5 Å². The number of carbonyl (C=O) groups excluding carboxylic acids is 1. The minimum Gasteiger partial charge on any atom is -0.337 e. The van der Waals surface area contributed by atoms with Crippen molar-refractivity contribution in [3.05, 3.63) is 22.4 Å². The highest BCUT2D eigenvalue weighted by atomic mass is 32.1. The van der Waals surface area contributed by atoms with E-state index in [9.17, 15) is 4.79 Å². The number of thiophene rings is 1. The van der Waals surface area contributed by atoms with Crippen LogP contribution in [0.2, 0.25) is 0 Å². The van der Waals surface area contributed by atoms with Gasteiger partial charge in [-0.05, 0) is 38.1 Å². The molecule has 0 saturated carbocycles. The van der Waals surface area contributed by atoms with Crippen molar-refractivity contribution in [2.75, 3.05) is 13.1 Å². The van der Waals surface area contributed by atoms with E-state index in [1.165, 1.54) is 4.88 Å². The molecule has 1 aromatic rings. The number of rotatable bonds is 4. The van der Waals surface area contributed by atoms with Gasteiger partial charge in [0.15, 0.2) is 0 Å². The molecule has 1 aliphatic heterocycles. The topological polar surface area (TPSA) is 32.3 Å². The predicted octanol–water partition coefficient (Wildman–Crippen LogP) is 2.28. The third kappa shape index (κ3) is 3.56. The molecule has 1 N–H and O–H groups in total. The normalized spacial score (nSPS) is 24.2. The van der Waals surface area contributed by atoms with E-state index in [0.29, 0.717) is 24.4 Å². The smallest absolute Gasteiger partial charge is 0.222 e. The molecule has 0 spiro atoms.